The highest BCUT2D eigenvalue weighted by molar-refractivity contribution is 5.79. The highest BCUT2D eigenvalue weighted by atomic mass is 16.2. The van der Waals surface area contributed by atoms with Crippen LogP contribution in [0.4, 0.5) is 0 Å². The molecule has 0 atom stereocenters. The lowest BCUT2D eigenvalue weighted by molar-refractivity contribution is -0.132. The van der Waals surface area contributed by atoms with E-state index >= 15 is 0 Å². The summed E-state index contributed by atoms with van der Waals surface area (Å²) in [5.41, 5.74) is 0. The Morgan fingerprint density at radius 2 is 2.25 bits per heavy atom. The van der Waals surface area contributed by atoms with Gasteiger partial charge in [-0.1, -0.05) is 0 Å². The van der Waals surface area contributed by atoms with Crippen molar-refractivity contribution >= 4 is 5.91 Å². The largest absolute Gasteiger partial charge is 0.340 e. The normalized spacial score (nSPS) is 25.7. The maximum atomic E-state index is 11.3. The summed E-state index contributed by atoms with van der Waals surface area (Å²) in [5.74, 6) is 0.959. The van der Waals surface area contributed by atoms with Crippen LogP contribution in [0, 0.1) is 5.92 Å². The van der Waals surface area contributed by atoms with Crippen molar-refractivity contribution in [2.24, 2.45) is 5.92 Å². The summed E-state index contributed by atoms with van der Waals surface area (Å²) in [7, 11) is 0. The van der Waals surface area contributed by atoms with Gasteiger partial charge < -0.3 is 15.5 Å². The van der Waals surface area contributed by atoms with E-state index in [1.165, 1.54) is 0 Å². The quantitative estimate of drug-likeness (QED) is 0.536. The average Bonchev–Trinajstić information content (AvgIpc) is 2.00. The molecule has 0 aliphatic carbocycles. The minimum atomic E-state index is 0.258. The molecule has 0 spiro atoms. The van der Waals surface area contributed by atoms with Crippen LogP contribution in [-0.4, -0.2) is 50.1 Å². The van der Waals surface area contributed by atoms with Gasteiger partial charge in [0.1, 0.15) is 0 Å². The van der Waals surface area contributed by atoms with Gasteiger partial charge in [0.05, 0.1) is 6.54 Å². The predicted octanol–water partition coefficient (Wildman–Crippen LogP) is -1.36. The van der Waals surface area contributed by atoms with Crippen molar-refractivity contribution in [3.63, 3.8) is 0 Å². The molecule has 2 aliphatic rings. The summed E-state index contributed by atoms with van der Waals surface area (Å²) in [6.07, 6.45) is 0. The van der Waals surface area contributed by atoms with Crippen LogP contribution < -0.4 is 10.6 Å². The molecule has 0 bridgehead atoms. The zero-order valence-corrected chi connectivity index (χ0v) is 7.18. The second-order valence-corrected chi connectivity index (χ2v) is 3.54. The van der Waals surface area contributed by atoms with Gasteiger partial charge in [0.25, 0.3) is 0 Å². The summed E-state index contributed by atoms with van der Waals surface area (Å²) in [5, 5.41) is 6.28. The number of hydrogen-bond donors (Lipinski definition) is 2. The molecule has 2 rings (SSSR count). The van der Waals surface area contributed by atoms with Crippen molar-refractivity contribution in [1.82, 2.24) is 15.5 Å². The third-order valence-electron chi connectivity index (χ3n) is 2.53. The first-order chi connectivity index (χ1) is 5.86. The number of nitrogens with zero attached hydrogens (tertiary/aromatic N) is 1. The number of amides is 1. The zero-order valence-electron chi connectivity index (χ0n) is 7.18. The number of carbonyl (C=O) groups is 1. The maximum absolute atomic E-state index is 11.3. The van der Waals surface area contributed by atoms with E-state index in [2.05, 4.69) is 10.6 Å². The third-order valence-corrected chi connectivity index (χ3v) is 2.53. The predicted molar refractivity (Wildman–Crippen MR) is 45.8 cm³/mol. The van der Waals surface area contributed by atoms with Crippen LogP contribution in [0.3, 0.4) is 0 Å². The highest BCUT2D eigenvalue weighted by Gasteiger charge is 2.24. The van der Waals surface area contributed by atoms with Crippen LogP contribution in [-0.2, 0) is 4.79 Å². The average molecular weight is 169 g/mol. The van der Waals surface area contributed by atoms with Gasteiger partial charge in [-0.25, -0.2) is 0 Å². The van der Waals surface area contributed by atoms with E-state index in [1.54, 1.807) is 0 Å². The Balaban J connectivity index is 1.80. The van der Waals surface area contributed by atoms with E-state index in [0.717, 1.165) is 32.7 Å². The zero-order chi connectivity index (χ0) is 8.39. The lowest BCUT2D eigenvalue weighted by atomic mass is 10.0. The molecule has 12 heavy (non-hydrogen) atoms. The van der Waals surface area contributed by atoms with Crippen molar-refractivity contribution in [2.45, 2.75) is 0 Å². The van der Waals surface area contributed by atoms with Crippen LogP contribution in [0.15, 0.2) is 0 Å². The number of rotatable bonds is 2. The van der Waals surface area contributed by atoms with E-state index in [4.69, 9.17) is 0 Å². The molecule has 0 saturated carbocycles. The van der Waals surface area contributed by atoms with E-state index in [0.29, 0.717) is 12.5 Å². The monoisotopic (exact) mass is 169 g/mol. The molecule has 2 heterocycles. The molecule has 2 aliphatic heterocycles. The molecule has 0 aromatic heterocycles. The molecule has 0 radical (unpaired) electrons. The molecule has 4 nitrogen and oxygen atoms in total. The van der Waals surface area contributed by atoms with Crippen molar-refractivity contribution < 1.29 is 4.79 Å². The van der Waals surface area contributed by atoms with Gasteiger partial charge in [0, 0.05) is 38.6 Å². The smallest absolute Gasteiger partial charge is 0.236 e. The topological polar surface area (TPSA) is 44.4 Å². The Kier molecular flexibility index (Phi) is 2.28. The number of piperazine rings is 1. The second kappa shape index (κ2) is 3.41. The standard InChI is InChI=1S/C8H15N3O/c12-8-5-9-1-2-11(8)6-7-3-10-4-7/h7,9-10H,1-6H2. The van der Waals surface area contributed by atoms with Crippen LogP contribution in [0.2, 0.25) is 0 Å². The summed E-state index contributed by atoms with van der Waals surface area (Å²) in [4.78, 5) is 13.3. The Morgan fingerprint density at radius 1 is 1.42 bits per heavy atom. The minimum Gasteiger partial charge on any atom is -0.340 e. The van der Waals surface area contributed by atoms with Gasteiger partial charge >= 0.3 is 0 Å². The lowest BCUT2D eigenvalue weighted by Crippen LogP contribution is -2.54. The molecule has 4 heteroatoms. The fourth-order valence-corrected chi connectivity index (χ4v) is 1.63. The van der Waals surface area contributed by atoms with Crippen LogP contribution in [0.5, 0.6) is 0 Å². The van der Waals surface area contributed by atoms with E-state index < -0.39 is 0 Å². The molecule has 0 unspecified atom stereocenters. The first-order valence-electron chi connectivity index (χ1n) is 4.55. The molecule has 0 aromatic carbocycles. The van der Waals surface area contributed by atoms with Gasteiger partial charge in [-0.05, 0) is 0 Å². The fourth-order valence-electron chi connectivity index (χ4n) is 1.63. The van der Waals surface area contributed by atoms with Crippen LogP contribution in [0.1, 0.15) is 0 Å². The summed E-state index contributed by atoms with van der Waals surface area (Å²) >= 11 is 0. The molecule has 2 N–H and O–H groups in total. The fraction of sp³-hybridized carbons (Fsp3) is 0.875. The lowest BCUT2D eigenvalue weighted by Gasteiger charge is -2.35. The summed E-state index contributed by atoms with van der Waals surface area (Å²) in [6.45, 7) is 5.48. The molecule has 2 saturated heterocycles. The Hall–Kier alpha value is -0.610. The molecule has 1 amide bonds. The molecule has 0 aromatic rings. The summed E-state index contributed by atoms with van der Waals surface area (Å²) < 4.78 is 0. The van der Waals surface area contributed by atoms with Gasteiger partial charge in [0.2, 0.25) is 5.91 Å². The number of hydrogen-bond acceptors (Lipinski definition) is 3. The maximum Gasteiger partial charge on any atom is 0.236 e. The number of nitrogens with one attached hydrogen (secondary N) is 2. The first-order valence-corrected chi connectivity index (χ1v) is 4.55. The van der Waals surface area contributed by atoms with Crippen molar-refractivity contribution in [3.05, 3.63) is 0 Å². The van der Waals surface area contributed by atoms with E-state index in [-0.39, 0.29) is 5.91 Å². The molecular formula is C8H15N3O. The minimum absolute atomic E-state index is 0.258. The Labute approximate surface area is 72.3 Å². The van der Waals surface area contributed by atoms with Gasteiger partial charge in [0.15, 0.2) is 0 Å². The summed E-state index contributed by atoms with van der Waals surface area (Å²) in [6, 6.07) is 0. The van der Waals surface area contributed by atoms with Crippen molar-refractivity contribution in [3.8, 4) is 0 Å². The van der Waals surface area contributed by atoms with E-state index in [1.807, 2.05) is 4.90 Å². The van der Waals surface area contributed by atoms with Crippen molar-refractivity contribution in [1.29, 1.82) is 0 Å². The van der Waals surface area contributed by atoms with Gasteiger partial charge in [-0.2, -0.15) is 0 Å². The van der Waals surface area contributed by atoms with Gasteiger partial charge in [-0.15, -0.1) is 0 Å². The second-order valence-electron chi connectivity index (χ2n) is 3.54. The first kappa shape index (κ1) is 8.01. The molecular weight excluding hydrogens is 154 g/mol. The van der Waals surface area contributed by atoms with Gasteiger partial charge in [-0.3, -0.25) is 4.79 Å². The van der Waals surface area contributed by atoms with Crippen LogP contribution in [0.25, 0.3) is 0 Å². The Morgan fingerprint density at radius 3 is 2.83 bits per heavy atom. The number of carbonyl (C=O) groups excluding carboxylic acids is 1. The molecule has 68 valence electrons. The van der Waals surface area contributed by atoms with Crippen LogP contribution >= 0.6 is 0 Å². The molecule has 2 fully saturated rings. The Bertz CT molecular complexity index is 179. The van der Waals surface area contributed by atoms with Crippen molar-refractivity contribution in [2.75, 3.05) is 39.3 Å². The SMILES string of the molecule is O=C1CNCCN1CC1CNC1. The third kappa shape index (κ3) is 1.59. The highest BCUT2D eigenvalue weighted by Crippen LogP contribution is 2.06. The van der Waals surface area contributed by atoms with E-state index in [9.17, 15) is 4.79 Å².